The summed E-state index contributed by atoms with van der Waals surface area (Å²) in [4.78, 5) is 11.4. The molecule has 0 spiro atoms. The maximum Gasteiger partial charge on any atom is 0.296 e. The number of hydrogen-bond donors (Lipinski definition) is 0. The summed E-state index contributed by atoms with van der Waals surface area (Å²) in [5.74, 6) is -2.47. The normalized spacial score (nSPS) is 10.0. The second kappa shape index (κ2) is 5.54. The summed E-state index contributed by atoms with van der Waals surface area (Å²) in [6.45, 7) is 0. The minimum Gasteiger partial charge on any atom is -0.337 e. The highest BCUT2D eigenvalue weighted by molar-refractivity contribution is 5.72. The molecule has 0 saturated heterocycles. The number of halogens is 2. The van der Waals surface area contributed by atoms with E-state index in [0.29, 0.717) is 17.3 Å². The van der Waals surface area contributed by atoms with Crippen LogP contribution in [0.3, 0.4) is 0 Å². The number of nitrogens with zero attached hydrogens (tertiary/aromatic N) is 3. The third-order valence-corrected chi connectivity index (χ3v) is 2.96. The van der Waals surface area contributed by atoms with Crippen LogP contribution in [0.2, 0.25) is 0 Å². The van der Waals surface area contributed by atoms with Crippen LogP contribution in [-0.2, 0) is 0 Å². The maximum absolute atomic E-state index is 13.9. The van der Waals surface area contributed by atoms with Crippen LogP contribution in [0.4, 0.5) is 25.8 Å². The van der Waals surface area contributed by atoms with Gasteiger partial charge in [0.25, 0.3) is 5.69 Å². The Morgan fingerprint density at radius 3 is 2.33 bits per heavy atom. The van der Waals surface area contributed by atoms with E-state index in [4.69, 9.17) is 5.26 Å². The van der Waals surface area contributed by atoms with Gasteiger partial charge in [-0.2, -0.15) is 5.26 Å². The first-order valence-corrected chi connectivity index (χ1v) is 5.82. The number of nitriles is 1. The van der Waals surface area contributed by atoms with Crippen molar-refractivity contribution in [1.82, 2.24) is 0 Å². The van der Waals surface area contributed by atoms with Crippen LogP contribution in [0.1, 0.15) is 5.56 Å². The molecule has 0 heterocycles. The smallest absolute Gasteiger partial charge is 0.296 e. The molecule has 7 heteroatoms. The van der Waals surface area contributed by atoms with Gasteiger partial charge >= 0.3 is 0 Å². The topological polar surface area (TPSA) is 70.2 Å². The van der Waals surface area contributed by atoms with E-state index in [9.17, 15) is 18.9 Å². The van der Waals surface area contributed by atoms with E-state index in [1.807, 2.05) is 6.07 Å². The Bertz CT molecular complexity index is 739. The van der Waals surface area contributed by atoms with Crippen molar-refractivity contribution < 1.29 is 13.7 Å². The molecule has 0 amide bonds. The van der Waals surface area contributed by atoms with E-state index in [1.54, 1.807) is 0 Å². The molecule has 2 rings (SSSR count). The molecule has 21 heavy (non-hydrogen) atoms. The van der Waals surface area contributed by atoms with E-state index in [2.05, 4.69) is 0 Å². The Balaban J connectivity index is 2.56. The Hall–Kier alpha value is -3.01. The van der Waals surface area contributed by atoms with Crippen LogP contribution < -0.4 is 4.90 Å². The average molecular weight is 289 g/mol. The van der Waals surface area contributed by atoms with E-state index >= 15 is 0 Å². The van der Waals surface area contributed by atoms with Crippen LogP contribution in [0.25, 0.3) is 0 Å². The summed E-state index contributed by atoms with van der Waals surface area (Å²) in [7, 11) is 1.38. The molecule has 5 nitrogen and oxygen atoms in total. The van der Waals surface area contributed by atoms with E-state index in [0.717, 1.165) is 11.0 Å². The zero-order valence-corrected chi connectivity index (χ0v) is 10.9. The Morgan fingerprint density at radius 2 is 1.81 bits per heavy atom. The van der Waals surface area contributed by atoms with E-state index < -0.39 is 27.9 Å². The predicted molar refractivity (Wildman–Crippen MR) is 72.2 cm³/mol. The molecule has 0 aliphatic carbocycles. The summed E-state index contributed by atoms with van der Waals surface area (Å²) in [5, 5.41) is 19.7. The van der Waals surface area contributed by atoms with E-state index in [1.165, 1.54) is 31.3 Å². The summed E-state index contributed by atoms with van der Waals surface area (Å²) >= 11 is 0. The molecule has 0 bridgehead atoms. The number of nitro groups is 1. The largest absolute Gasteiger partial charge is 0.337 e. The van der Waals surface area contributed by atoms with Crippen LogP contribution in [0.15, 0.2) is 36.4 Å². The summed E-state index contributed by atoms with van der Waals surface area (Å²) in [6, 6.07) is 9.49. The maximum atomic E-state index is 13.9. The van der Waals surface area contributed by atoms with Crippen molar-refractivity contribution in [3.05, 3.63) is 63.7 Å². The number of benzene rings is 2. The van der Waals surface area contributed by atoms with Crippen molar-refractivity contribution in [1.29, 1.82) is 5.26 Å². The van der Waals surface area contributed by atoms with Gasteiger partial charge in [0.05, 0.1) is 16.6 Å². The Morgan fingerprint density at radius 1 is 1.19 bits per heavy atom. The van der Waals surface area contributed by atoms with Crippen molar-refractivity contribution in [2.45, 2.75) is 0 Å². The van der Waals surface area contributed by atoms with Gasteiger partial charge in [-0.1, -0.05) is 0 Å². The first kappa shape index (κ1) is 14.4. The van der Waals surface area contributed by atoms with Crippen molar-refractivity contribution in [2.75, 3.05) is 11.9 Å². The lowest BCUT2D eigenvalue weighted by Crippen LogP contribution is -2.14. The zero-order valence-electron chi connectivity index (χ0n) is 10.9. The van der Waals surface area contributed by atoms with Gasteiger partial charge in [0, 0.05) is 18.8 Å². The first-order chi connectivity index (χ1) is 9.95. The van der Waals surface area contributed by atoms with Gasteiger partial charge in [0.15, 0.2) is 17.3 Å². The quantitative estimate of drug-likeness (QED) is 0.640. The Kier molecular flexibility index (Phi) is 3.80. The molecule has 2 aromatic rings. The molecule has 106 valence electrons. The third kappa shape index (κ3) is 2.65. The monoisotopic (exact) mass is 289 g/mol. The minimum atomic E-state index is -1.30. The van der Waals surface area contributed by atoms with Crippen molar-refractivity contribution in [3.8, 4) is 6.07 Å². The standard InChI is InChI=1S/C14H9F2N3O2/c1-18(10-4-2-9(8-17)3-5-10)14-12(19(20)21)7-6-11(15)13(14)16/h2-7H,1H3. The molecule has 0 fully saturated rings. The molecular weight excluding hydrogens is 280 g/mol. The summed E-state index contributed by atoms with van der Waals surface area (Å²) < 4.78 is 27.3. The van der Waals surface area contributed by atoms with Crippen LogP contribution >= 0.6 is 0 Å². The molecule has 0 aromatic heterocycles. The lowest BCUT2D eigenvalue weighted by atomic mass is 10.1. The molecule has 0 radical (unpaired) electrons. The zero-order chi connectivity index (χ0) is 15.6. The summed E-state index contributed by atoms with van der Waals surface area (Å²) in [6.07, 6.45) is 0. The molecular formula is C14H9F2N3O2. The minimum absolute atomic E-state index is 0.390. The van der Waals surface area contributed by atoms with Gasteiger partial charge in [-0.05, 0) is 30.3 Å². The molecule has 0 unspecified atom stereocenters. The lowest BCUT2D eigenvalue weighted by Gasteiger charge is -2.20. The van der Waals surface area contributed by atoms with Gasteiger partial charge < -0.3 is 4.90 Å². The van der Waals surface area contributed by atoms with Gasteiger partial charge in [-0.3, -0.25) is 10.1 Å². The fourth-order valence-corrected chi connectivity index (χ4v) is 1.88. The first-order valence-electron chi connectivity index (χ1n) is 5.82. The van der Waals surface area contributed by atoms with E-state index in [-0.39, 0.29) is 0 Å². The summed E-state index contributed by atoms with van der Waals surface area (Å²) in [5.41, 5.74) is -0.228. The van der Waals surface area contributed by atoms with Crippen LogP contribution in [-0.4, -0.2) is 12.0 Å². The average Bonchev–Trinajstić information content (AvgIpc) is 2.49. The fourth-order valence-electron chi connectivity index (χ4n) is 1.88. The van der Waals surface area contributed by atoms with Crippen molar-refractivity contribution >= 4 is 17.1 Å². The third-order valence-electron chi connectivity index (χ3n) is 2.96. The fraction of sp³-hybridized carbons (Fsp3) is 0.0714. The van der Waals surface area contributed by atoms with Crippen LogP contribution in [0, 0.1) is 33.1 Å². The van der Waals surface area contributed by atoms with Gasteiger partial charge in [0.1, 0.15) is 0 Å². The molecule has 2 aromatic carbocycles. The van der Waals surface area contributed by atoms with Gasteiger partial charge in [0.2, 0.25) is 0 Å². The van der Waals surface area contributed by atoms with Gasteiger partial charge in [-0.25, -0.2) is 8.78 Å². The van der Waals surface area contributed by atoms with Crippen LogP contribution in [0.5, 0.6) is 0 Å². The number of anilines is 2. The second-order valence-electron chi connectivity index (χ2n) is 4.20. The predicted octanol–water partition coefficient (Wildman–Crippen LogP) is 3.51. The highest BCUT2D eigenvalue weighted by atomic mass is 19.2. The second-order valence-corrected chi connectivity index (χ2v) is 4.20. The molecule has 0 aliphatic rings. The number of rotatable bonds is 3. The van der Waals surface area contributed by atoms with Crippen molar-refractivity contribution in [2.24, 2.45) is 0 Å². The lowest BCUT2D eigenvalue weighted by molar-refractivity contribution is -0.384. The van der Waals surface area contributed by atoms with Gasteiger partial charge in [-0.15, -0.1) is 0 Å². The molecule has 0 saturated carbocycles. The number of nitro benzene ring substituents is 1. The molecule has 0 atom stereocenters. The SMILES string of the molecule is CN(c1ccc(C#N)cc1)c1c([N+](=O)[O-])ccc(F)c1F. The molecule has 0 N–H and O–H groups in total. The number of hydrogen-bond acceptors (Lipinski definition) is 4. The molecule has 0 aliphatic heterocycles. The Labute approximate surface area is 118 Å². The van der Waals surface area contributed by atoms with Crippen molar-refractivity contribution in [3.63, 3.8) is 0 Å². The highest BCUT2D eigenvalue weighted by Gasteiger charge is 2.25. The highest BCUT2D eigenvalue weighted by Crippen LogP contribution is 2.35.